The molecule has 0 aliphatic heterocycles. The van der Waals surface area contributed by atoms with Crippen molar-refractivity contribution in [3.63, 3.8) is 0 Å². The molecule has 0 fully saturated rings. The predicted octanol–water partition coefficient (Wildman–Crippen LogP) is 6.46. The number of aliphatic hydroxyl groups excluding tert-OH is 1. The summed E-state index contributed by atoms with van der Waals surface area (Å²) in [6.45, 7) is 4.94. The monoisotopic (exact) mass is 420 g/mol. The lowest BCUT2D eigenvalue weighted by Crippen LogP contribution is -2.27. The molecule has 1 unspecified atom stereocenters. The Bertz CT molecular complexity index is 491. The highest BCUT2D eigenvalue weighted by atomic mass is 16.6. The Morgan fingerprint density at radius 1 is 0.833 bits per heavy atom. The number of esters is 1. The Labute approximate surface area is 184 Å². The van der Waals surface area contributed by atoms with Crippen LogP contribution in [0.4, 0.5) is 0 Å². The normalized spacial score (nSPS) is 13.3. The molecule has 1 N–H and O–H groups in total. The number of carbonyl (C=O) groups excluding carboxylic acids is 1. The molecule has 0 saturated heterocycles. The lowest BCUT2D eigenvalue weighted by atomic mass is 10.1. The van der Waals surface area contributed by atoms with Crippen LogP contribution in [0.15, 0.2) is 48.6 Å². The van der Waals surface area contributed by atoms with Crippen LogP contribution in [0, 0.1) is 0 Å². The van der Waals surface area contributed by atoms with Gasteiger partial charge in [-0.3, -0.25) is 4.79 Å². The smallest absolute Gasteiger partial charge is 0.306 e. The van der Waals surface area contributed by atoms with E-state index in [2.05, 4.69) is 62.5 Å². The fraction of sp³-hybridized carbons (Fsp3) is 0.654. The van der Waals surface area contributed by atoms with Gasteiger partial charge in [0.2, 0.25) is 0 Å². The van der Waals surface area contributed by atoms with Crippen LogP contribution >= 0.6 is 0 Å². The van der Waals surface area contributed by atoms with Gasteiger partial charge in [0.25, 0.3) is 0 Å². The summed E-state index contributed by atoms with van der Waals surface area (Å²) in [6, 6.07) is 0. The minimum absolute atomic E-state index is 0.197. The second-order valence-corrected chi connectivity index (χ2v) is 7.32. The second-order valence-electron chi connectivity index (χ2n) is 7.32. The molecule has 0 rings (SSSR count). The van der Waals surface area contributed by atoms with E-state index < -0.39 is 6.10 Å². The number of hydrogen-bond donors (Lipinski definition) is 1. The van der Waals surface area contributed by atoms with Crippen LogP contribution in [-0.2, 0) is 14.3 Å². The average molecular weight is 421 g/mol. The first kappa shape index (κ1) is 28.4. The van der Waals surface area contributed by atoms with Crippen LogP contribution in [0.2, 0.25) is 0 Å². The highest BCUT2D eigenvalue weighted by molar-refractivity contribution is 5.69. The van der Waals surface area contributed by atoms with Gasteiger partial charge in [-0.25, -0.2) is 0 Å². The van der Waals surface area contributed by atoms with Gasteiger partial charge in [-0.2, -0.15) is 0 Å². The maximum Gasteiger partial charge on any atom is 0.306 e. The zero-order valence-electron chi connectivity index (χ0n) is 19.3. The number of ether oxygens (including phenoxy) is 2. The quantitative estimate of drug-likeness (QED) is 0.139. The summed E-state index contributed by atoms with van der Waals surface area (Å²) in [4.78, 5) is 11.7. The minimum Gasteiger partial charge on any atom is -0.457 e. The number of allylic oxidation sites excluding steroid dienone is 8. The zero-order chi connectivity index (χ0) is 22.1. The van der Waals surface area contributed by atoms with E-state index in [0.29, 0.717) is 13.0 Å². The molecule has 0 aromatic rings. The second kappa shape index (κ2) is 23.6. The maximum absolute atomic E-state index is 11.7. The standard InChI is InChI=1S/C26H44O4/c1-3-5-7-9-10-11-12-13-14-15-16-17-18-20-22-29-24-25(23-27)30-26(28)21-19-8-6-4-2/h5,7,10-11,13-14,16-17,25,27H,3-4,6,8-9,12,15,18-24H2,1-2H3/b7-5-,11-10-,14-13-,17-16-. The molecule has 0 aromatic carbocycles. The summed E-state index contributed by atoms with van der Waals surface area (Å²) in [5.74, 6) is -0.242. The van der Waals surface area contributed by atoms with Crippen LogP contribution in [0.3, 0.4) is 0 Å². The van der Waals surface area contributed by atoms with E-state index in [1.165, 1.54) is 0 Å². The molecule has 0 radical (unpaired) electrons. The van der Waals surface area contributed by atoms with Gasteiger partial charge in [0.15, 0.2) is 0 Å². The van der Waals surface area contributed by atoms with Gasteiger partial charge in [0, 0.05) is 13.0 Å². The van der Waals surface area contributed by atoms with Crippen LogP contribution in [0.1, 0.15) is 84.5 Å². The molecule has 0 saturated carbocycles. The van der Waals surface area contributed by atoms with Gasteiger partial charge >= 0.3 is 5.97 Å². The first-order valence-electron chi connectivity index (χ1n) is 11.7. The molecule has 0 aromatic heterocycles. The van der Waals surface area contributed by atoms with Crippen molar-refractivity contribution in [1.29, 1.82) is 0 Å². The fourth-order valence-corrected chi connectivity index (χ4v) is 2.68. The third-order valence-electron chi connectivity index (χ3n) is 4.42. The lowest BCUT2D eigenvalue weighted by Gasteiger charge is -2.15. The van der Waals surface area contributed by atoms with Gasteiger partial charge < -0.3 is 14.6 Å². The van der Waals surface area contributed by atoms with Crippen LogP contribution in [0.25, 0.3) is 0 Å². The van der Waals surface area contributed by atoms with E-state index >= 15 is 0 Å². The van der Waals surface area contributed by atoms with Gasteiger partial charge in [-0.1, -0.05) is 81.7 Å². The van der Waals surface area contributed by atoms with Crippen LogP contribution < -0.4 is 0 Å². The zero-order valence-corrected chi connectivity index (χ0v) is 19.3. The van der Waals surface area contributed by atoms with Gasteiger partial charge in [0.1, 0.15) is 6.10 Å². The summed E-state index contributed by atoms with van der Waals surface area (Å²) in [5, 5.41) is 9.33. The van der Waals surface area contributed by atoms with E-state index in [1.54, 1.807) is 0 Å². The molecular weight excluding hydrogens is 376 g/mol. The third kappa shape index (κ3) is 21.1. The van der Waals surface area contributed by atoms with E-state index in [4.69, 9.17) is 9.47 Å². The van der Waals surface area contributed by atoms with Crippen molar-refractivity contribution in [2.75, 3.05) is 19.8 Å². The largest absolute Gasteiger partial charge is 0.457 e. The van der Waals surface area contributed by atoms with Crippen molar-refractivity contribution in [1.82, 2.24) is 0 Å². The number of hydrogen-bond acceptors (Lipinski definition) is 4. The summed E-state index contributed by atoms with van der Waals surface area (Å²) in [5.41, 5.74) is 0. The van der Waals surface area contributed by atoms with Crippen LogP contribution in [0.5, 0.6) is 0 Å². The first-order valence-corrected chi connectivity index (χ1v) is 11.7. The summed E-state index contributed by atoms with van der Waals surface area (Å²) in [7, 11) is 0. The van der Waals surface area contributed by atoms with E-state index in [1.807, 2.05) is 0 Å². The highest BCUT2D eigenvalue weighted by Crippen LogP contribution is 2.05. The fourth-order valence-electron chi connectivity index (χ4n) is 2.68. The molecule has 0 aliphatic rings. The predicted molar refractivity (Wildman–Crippen MR) is 126 cm³/mol. The number of carbonyl (C=O) groups is 1. The SMILES string of the molecule is CC/C=C\C/C=C\C/C=C\C/C=C\CCCOCC(CO)OC(=O)CCCCCC. The van der Waals surface area contributed by atoms with Gasteiger partial charge in [-0.05, 0) is 44.9 Å². The number of unbranched alkanes of at least 4 members (excludes halogenated alkanes) is 4. The Balaban J connectivity index is 3.62. The average Bonchev–Trinajstić information content (AvgIpc) is 2.75. The van der Waals surface area contributed by atoms with Crippen LogP contribution in [-0.4, -0.2) is 37.0 Å². The van der Waals surface area contributed by atoms with Crippen molar-refractivity contribution in [3.8, 4) is 0 Å². The third-order valence-corrected chi connectivity index (χ3v) is 4.42. The molecule has 1 atom stereocenters. The Hall–Kier alpha value is -1.65. The van der Waals surface area contributed by atoms with Gasteiger partial charge in [0.05, 0.1) is 13.2 Å². The van der Waals surface area contributed by atoms with E-state index in [0.717, 1.165) is 64.2 Å². The van der Waals surface area contributed by atoms with Crippen molar-refractivity contribution < 1.29 is 19.4 Å². The molecular formula is C26H44O4. The highest BCUT2D eigenvalue weighted by Gasteiger charge is 2.13. The molecule has 4 heteroatoms. The lowest BCUT2D eigenvalue weighted by molar-refractivity contribution is -0.154. The number of rotatable bonds is 20. The Morgan fingerprint density at radius 3 is 2.07 bits per heavy atom. The number of aliphatic hydroxyl groups is 1. The molecule has 0 bridgehead atoms. The van der Waals surface area contributed by atoms with E-state index in [-0.39, 0.29) is 19.2 Å². The van der Waals surface area contributed by atoms with E-state index in [9.17, 15) is 9.90 Å². The molecule has 4 nitrogen and oxygen atoms in total. The van der Waals surface area contributed by atoms with Crippen molar-refractivity contribution >= 4 is 5.97 Å². The molecule has 0 aliphatic carbocycles. The minimum atomic E-state index is -0.555. The first-order chi connectivity index (χ1) is 14.7. The molecule has 0 spiro atoms. The molecule has 0 amide bonds. The molecule has 30 heavy (non-hydrogen) atoms. The van der Waals surface area contributed by atoms with Crippen molar-refractivity contribution in [2.24, 2.45) is 0 Å². The summed E-state index contributed by atoms with van der Waals surface area (Å²) in [6.07, 6.45) is 27.4. The van der Waals surface area contributed by atoms with Crippen molar-refractivity contribution in [3.05, 3.63) is 48.6 Å². The molecule has 172 valence electrons. The Morgan fingerprint density at radius 2 is 1.47 bits per heavy atom. The summed E-state index contributed by atoms with van der Waals surface area (Å²) >= 11 is 0. The Kier molecular flexibility index (Phi) is 22.3. The van der Waals surface area contributed by atoms with Crippen molar-refractivity contribution in [2.45, 2.75) is 90.6 Å². The maximum atomic E-state index is 11.7. The molecule has 0 heterocycles. The topological polar surface area (TPSA) is 55.8 Å². The van der Waals surface area contributed by atoms with Gasteiger partial charge in [-0.15, -0.1) is 0 Å². The summed E-state index contributed by atoms with van der Waals surface area (Å²) < 4.78 is 10.8.